The lowest BCUT2D eigenvalue weighted by molar-refractivity contribution is 0.114. The van der Waals surface area contributed by atoms with Crippen molar-refractivity contribution in [3.8, 4) is 12.3 Å². The number of terminal acetylenes is 1. The van der Waals surface area contributed by atoms with Gasteiger partial charge in [-0.05, 0) is 43.0 Å². The molecule has 0 saturated carbocycles. The van der Waals surface area contributed by atoms with E-state index in [0.29, 0.717) is 6.61 Å². The molecule has 0 fully saturated rings. The predicted octanol–water partition coefficient (Wildman–Crippen LogP) is 5.40. The Hall–Kier alpha value is -1.08. The van der Waals surface area contributed by atoms with Crippen LogP contribution in [0.4, 0.5) is 0 Å². The summed E-state index contributed by atoms with van der Waals surface area (Å²) in [5, 5.41) is 0.195. The molecular formula is C20H32O2Si. The molecule has 0 aliphatic rings. The molecule has 0 unspecified atom stereocenters. The van der Waals surface area contributed by atoms with Gasteiger partial charge in [-0.25, -0.2) is 0 Å². The van der Waals surface area contributed by atoms with E-state index in [0.717, 1.165) is 25.9 Å². The van der Waals surface area contributed by atoms with E-state index in [1.807, 2.05) is 18.2 Å². The lowest BCUT2D eigenvalue weighted by Crippen LogP contribution is -2.43. The predicted molar refractivity (Wildman–Crippen MR) is 101 cm³/mol. The van der Waals surface area contributed by atoms with Gasteiger partial charge in [0.1, 0.15) is 6.10 Å². The number of hydrogen-bond donors (Lipinski definition) is 0. The van der Waals surface area contributed by atoms with Gasteiger partial charge in [0.15, 0.2) is 8.32 Å². The largest absolute Gasteiger partial charge is 0.403 e. The van der Waals surface area contributed by atoms with Gasteiger partial charge >= 0.3 is 0 Å². The van der Waals surface area contributed by atoms with Crippen LogP contribution in [0.15, 0.2) is 30.3 Å². The highest BCUT2D eigenvalue weighted by atomic mass is 28.4. The van der Waals surface area contributed by atoms with Crippen molar-refractivity contribution in [2.24, 2.45) is 0 Å². The first kappa shape index (κ1) is 20.0. The molecule has 1 rings (SSSR count). The summed E-state index contributed by atoms with van der Waals surface area (Å²) in [6.07, 6.45) is 8.57. The van der Waals surface area contributed by atoms with E-state index < -0.39 is 8.32 Å². The first-order chi connectivity index (χ1) is 10.8. The summed E-state index contributed by atoms with van der Waals surface area (Å²) in [5.74, 6) is 2.82. The van der Waals surface area contributed by atoms with Crippen LogP contribution in [0.3, 0.4) is 0 Å². The number of hydrogen-bond acceptors (Lipinski definition) is 2. The third kappa shape index (κ3) is 7.35. The summed E-state index contributed by atoms with van der Waals surface area (Å²) in [7, 11) is -1.78. The van der Waals surface area contributed by atoms with Crippen LogP contribution in [-0.2, 0) is 15.8 Å². The van der Waals surface area contributed by atoms with E-state index in [1.54, 1.807) is 0 Å². The summed E-state index contributed by atoms with van der Waals surface area (Å²) >= 11 is 0. The molecule has 0 aliphatic carbocycles. The number of rotatable bonds is 9. The average molecular weight is 333 g/mol. The Morgan fingerprint density at radius 3 is 2.35 bits per heavy atom. The van der Waals surface area contributed by atoms with Crippen molar-refractivity contribution in [3.63, 3.8) is 0 Å². The molecule has 0 bridgehead atoms. The molecule has 0 N–H and O–H groups in total. The van der Waals surface area contributed by atoms with Crippen molar-refractivity contribution in [3.05, 3.63) is 35.9 Å². The zero-order valence-corrected chi connectivity index (χ0v) is 16.4. The van der Waals surface area contributed by atoms with Crippen LogP contribution >= 0.6 is 0 Å². The molecule has 0 aromatic heterocycles. The van der Waals surface area contributed by atoms with Crippen molar-refractivity contribution in [1.29, 1.82) is 0 Å². The average Bonchev–Trinajstić information content (AvgIpc) is 2.49. The third-order valence-corrected chi connectivity index (χ3v) is 9.03. The van der Waals surface area contributed by atoms with Crippen molar-refractivity contribution in [2.75, 3.05) is 6.61 Å². The van der Waals surface area contributed by atoms with Crippen molar-refractivity contribution in [2.45, 2.75) is 70.9 Å². The minimum absolute atomic E-state index is 0.0648. The summed E-state index contributed by atoms with van der Waals surface area (Å²) in [6, 6.07) is 10.3. The van der Waals surface area contributed by atoms with Gasteiger partial charge in [-0.15, -0.1) is 6.42 Å². The molecule has 3 heteroatoms. The molecule has 0 aliphatic heterocycles. The van der Waals surface area contributed by atoms with Crippen LogP contribution in [0.25, 0.3) is 0 Å². The minimum atomic E-state index is -1.78. The minimum Gasteiger partial charge on any atom is -0.403 e. The van der Waals surface area contributed by atoms with Crippen molar-refractivity contribution < 1.29 is 9.16 Å². The SMILES string of the molecule is C#C[C@H](CCCCOCc1ccccc1)O[Si](C)(C)C(C)(C)C. The van der Waals surface area contributed by atoms with Gasteiger partial charge in [-0.1, -0.05) is 57.0 Å². The summed E-state index contributed by atoms with van der Waals surface area (Å²) in [5.41, 5.74) is 1.22. The second-order valence-electron chi connectivity index (χ2n) is 7.57. The Labute approximate surface area is 143 Å². The van der Waals surface area contributed by atoms with Crippen LogP contribution in [-0.4, -0.2) is 21.0 Å². The van der Waals surface area contributed by atoms with E-state index in [1.165, 1.54) is 5.56 Å². The second kappa shape index (κ2) is 9.27. The van der Waals surface area contributed by atoms with Crippen LogP contribution in [0.2, 0.25) is 18.1 Å². The fraction of sp³-hybridized carbons (Fsp3) is 0.600. The Bertz CT molecular complexity index is 483. The molecule has 128 valence electrons. The molecule has 0 heterocycles. The summed E-state index contributed by atoms with van der Waals surface area (Å²) in [4.78, 5) is 0. The smallest absolute Gasteiger partial charge is 0.193 e. The Kier molecular flexibility index (Phi) is 8.05. The maximum absolute atomic E-state index is 6.29. The van der Waals surface area contributed by atoms with Gasteiger partial charge < -0.3 is 9.16 Å². The fourth-order valence-electron chi connectivity index (χ4n) is 2.01. The Morgan fingerprint density at radius 2 is 1.78 bits per heavy atom. The molecular weight excluding hydrogens is 300 g/mol. The highest BCUT2D eigenvalue weighted by molar-refractivity contribution is 6.74. The maximum Gasteiger partial charge on any atom is 0.193 e. The summed E-state index contributed by atoms with van der Waals surface area (Å²) < 4.78 is 12.0. The fourth-order valence-corrected chi connectivity index (χ4v) is 3.26. The highest BCUT2D eigenvalue weighted by Crippen LogP contribution is 2.37. The monoisotopic (exact) mass is 332 g/mol. The summed E-state index contributed by atoms with van der Waals surface area (Å²) in [6.45, 7) is 12.7. The Balaban J connectivity index is 2.22. The maximum atomic E-state index is 6.29. The van der Waals surface area contributed by atoms with E-state index in [4.69, 9.17) is 15.6 Å². The topological polar surface area (TPSA) is 18.5 Å². The molecule has 1 aromatic rings. The lowest BCUT2D eigenvalue weighted by atomic mass is 10.2. The Morgan fingerprint density at radius 1 is 1.13 bits per heavy atom. The molecule has 0 spiro atoms. The van der Waals surface area contributed by atoms with E-state index in [-0.39, 0.29) is 11.1 Å². The van der Waals surface area contributed by atoms with Crippen molar-refractivity contribution >= 4 is 8.32 Å². The van der Waals surface area contributed by atoms with Gasteiger partial charge in [0.05, 0.1) is 6.61 Å². The first-order valence-electron chi connectivity index (χ1n) is 8.52. The molecule has 1 atom stereocenters. The van der Waals surface area contributed by atoms with Gasteiger partial charge in [-0.2, -0.15) is 0 Å². The molecule has 2 nitrogen and oxygen atoms in total. The van der Waals surface area contributed by atoms with E-state index in [9.17, 15) is 0 Å². The van der Waals surface area contributed by atoms with Gasteiger partial charge in [0.25, 0.3) is 0 Å². The standard InChI is InChI=1S/C20H32O2Si/c1-7-19(22-23(5,6)20(2,3)4)15-11-12-16-21-17-18-13-9-8-10-14-18/h1,8-10,13-14,19H,11-12,15-17H2,2-6H3/t19-/m1/s1. The zero-order valence-electron chi connectivity index (χ0n) is 15.4. The van der Waals surface area contributed by atoms with Gasteiger partial charge in [0, 0.05) is 6.61 Å². The van der Waals surface area contributed by atoms with Gasteiger partial charge in [-0.3, -0.25) is 0 Å². The van der Waals surface area contributed by atoms with E-state index in [2.05, 4.69) is 51.9 Å². The second-order valence-corrected chi connectivity index (χ2v) is 12.3. The lowest BCUT2D eigenvalue weighted by Gasteiger charge is -2.38. The quantitative estimate of drug-likeness (QED) is 0.342. The number of benzene rings is 1. The van der Waals surface area contributed by atoms with Crippen molar-refractivity contribution in [1.82, 2.24) is 0 Å². The van der Waals surface area contributed by atoms with Crippen LogP contribution in [0, 0.1) is 12.3 Å². The molecule has 0 saturated heterocycles. The molecule has 23 heavy (non-hydrogen) atoms. The normalized spacial score (nSPS) is 13.6. The zero-order chi connectivity index (χ0) is 17.3. The molecule has 1 aromatic carbocycles. The number of unbranched alkanes of at least 4 members (excludes halogenated alkanes) is 1. The first-order valence-corrected chi connectivity index (χ1v) is 11.4. The molecule has 0 radical (unpaired) electrons. The van der Waals surface area contributed by atoms with Gasteiger partial charge in [0.2, 0.25) is 0 Å². The van der Waals surface area contributed by atoms with Crippen LogP contribution < -0.4 is 0 Å². The third-order valence-electron chi connectivity index (χ3n) is 4.55. The van der Waals surface area contributed by atoms with Crippen LogP contribution in [0.5, 0.6) is 0 Å². The van der Waals surface area contributed by atoms with Crippen LogP contribution in [0.1, 0.15) is 45.6 Å². The highest BCUT2D eigenvalue weighted by Gasteiger charge is 2.38. The van der Waals surface area contributed by atoms with E-state index >= 15 is 0 Å². The number of ether oxygens (including phenoxy) is 1. The molecule has 0 amide bonds.